The van der Waals surface area contributed by atoms with Crippen molar-refractivity contribution in [3.8, 4) is 5.75 Å². The third kappa shape index (κ3) is 3.47. The molecule has 6 nitrogen and oxygen atoms in total. The topological polar surface area (TPSA) is 84.3 Å². The fraction of sp³-hybridized carbons (Fsp3) is 0.267. The lowest BCUT2D eigenvalue weighted by Crippen LogP contribution is -2.12. The molecule has 2 aromatic rings. The molecule has 6 heteroatoms. The van der Waals surface area contributed by atoms with Gasteiger partial charge in [-0.05, 0) is 31.5 Å². The molecule has 2 N–H and O–H groups in total. The van der Waals surface area contributed by atoms with E-state index in [2.05, 4.69) is 15.3 Å². The molecule has 0 fully saturated rings. The summed E-state index contributed by atoms with van der Waals surface area (Å²) in [5.41, 5.74) is 1.60. The molecule has 1 atom stereocenters. The lowest BCUT2D eigenvalue weighted by molar-refractivity contribution is 0.0695. The molecule has 0 saturated heterocycles. The van der Waals surface area contributed by atoms with Gasteiger partial charge in [0.05, 0.1) is 24.4 Å². The van der Waals surface area contributed by atoms with E-state index in [0.29, 0.717) is 11.6 Å². The number of ether oxygens (including phenoxy) is 1. The molecule has 0 aliphatic heterocycles. The number of rotatable bonds is 5. The Balaban J connectivity index is 2.13. The number of anilines is 1. The Morgan fingerprint density at radius 2 is 2.00 bits per heavy atom. The van der Waals surface area contributed by atoms with Crippen LogP contribution in [-0.4, -0.2) is 28.2 Å². The zero-order chi connectivity index (χ0) is 15.4. The molecule has 0 amide bonds. The van der Waals surface area contributed by atoms with Gasteiger partial charge in [0.25, 0.3) is 0 Å². The quantitative estimate of drug-likeness (QED) is 0.879. The first-order valence-electron chi connectivity index (χ1n) is 6.48. The van der Waals surface area contributed by atoms with Crippen LogP contribution in [0.4, 0.5) is 5.95 Å². The summed E-state index contributed by atoms with van der Waals surface area (Å²) in [6, 6.07) is 7.66. The van der Waals surface area contributed by atoms with Gasteiger partial charge in [0.1, 0.15) is 5.75 Å². The zero-order valence-corrected chi connectivity index (χ0v) is 12.1. The molecule has 0 spiro atoms. The predicted octanol–water partition coefficient (Wildman–Crippen LogP) is 2.66. The van der Waals surface area contributed by atoms with Crippen molar-refractivity contribution in [1.29, 1.82) is 0 Å². The highest BCUT2D eigenvalue weighted by Gasteiger charge is 2.12. The predicted molar refractivity (Wildman–Crippen MR) is 78.8 cm³/mol. The van der Waals surface area contributed by atoms with Crippen molar-refractivity contribution in [2.75, 3.05) is 12.4 Å². The van der Waals surface area contributed by atoms with Crippen LogP contribution in [0.5, 0.6) is 5.75 Å². The number of aryl methyl sites for hydroxylation is 1. The van der Waals surface area contributed by atoms with E-state index >= 15 is 0 Å². The Hall–Kier alpha value is -2.63. The first kappa shape index (κ1) is 14.8. The first-order chi connectivity index (χ1) is 10.0. The summed E-state index contributed by atoms with van der Waals surface area (Å²) in [6.07, 6.45) is 1.31. The second-order valence-corrected chi connectivity index (χ2v) is 4.64. The normalized spacial score (nSPS) is 11.8. The molecule has 2 rings (SSSR count). The minimum atomic E-state index is -1.03. The van der Waals surface area contributed by atoms with Crippen LogP contribution in [0.25, 0.3) is 0 Å². The van der Waals surface area contributed by atoms with E-state index in [0.717, 1.165) is 11.3 Å². The zero-order valence-electron chi connectivity index (χ0n) is 12.1. The average molecular weight is 287 g/mol. The maximum Gasteiger partial charge on any atom is 0.339 e. The van der Waals surface area contributed by atoms with E-state index in [-0.39, 0.29) is 11.6 Å². The summed E-state index contributed by atoms with van der Waals surface area (Å²) in [5.74, 6) is 0.173. The molecular formula is C15H17N3O3. The second kappa shape index (κ2) is 6.21. The van der Waals surface area contributed by atoms with E-state index < -0.39 is 5.97 Å². The molecule has 21 heavy (non-hydrogen) atoms. The summed E-state index contributed by atoms with van der Waals surface area (Å²) in [6.45, 7) is 3.62. The van der Waals surface area contributed by atoms with Crippen molar-refractivity contribution in [3.63, 3.8) is 0 Å². The number of carboxylic acids is 1. The molecule has 0 saturated carbocycles. The number of benzene rings is 1. The van der Waals surface area contributed by atoms with Gasteiger partial charge in [-0.15, -0.1) is 0 Å². The lowest BCUT2D eigenvalue weighted by atomic mass is 10.1. The Morgan fingerprint density at radius 3 is 2.52 bits per heavy atom. The van der Waals surface area contributed by atoms with E-state index in [1.807, 2.05) is 31.2 Å². The maximum absolute atomic E-state index is 10.9. The van der Waals surface area contributed by atoms with Gasteiger partial charge in [-0.1, -0.05) is 12.1 Å². The molecule has 1 aromatic heterocycles. The Morgan fingerprint density at radius 1 is 1.33 bits per heavy atom. The van der Waals surface area contributed by atoms with E-state index in [1.165, 1.54) is 6.20 Å². The third-order valence-corrected chi connectivity index (χ3v) is 3.17. The molecule has 1 heterocycles. The average Bonchev–Trinajstić information content (AvgIpc) is 2.47. The molecule has 0 bridgehead atoms. The molecule has 0 aliphatic carbocycles. The van der Waals surface area contributed by atoms with Gasteiger partial charge in [-0.3, -0.25) is 0 Å². The van der Waals surface area contributed by atoms with Crippen LogP contribution < -0.4 is 10.1 Å². The number of hydrogen-bond acceptors (Lipinski definition) is 5. The van der Waals surface area contributed by atoms with Gasteiger partial charge in [0.15, 0.2) is 0 Å². The number of nitrogens with one attached hydrogen (secondary N) is 1. The van der Waals surface area contributed by atoms with Gasteiger partial charge < -0.3 is 15.2 Å². The van der Waals surface area contributed by atoms with Crippen molar-refractivity contribution in [3.05, 3.63) is 47.3 Å². The monoisotopic (exact) mass is 287 g/mol. The largest absolute Gasteiger partial charge is 0.497 e. The number of nitrogens with zero attached hydrogens (tertiary/aromatic N) is 2. The van der Waals surface area contributed by atoms with Crippen LogP contribution in [-0.2, 0) is 0 Å². The fourth-order valence-electron chi connectivity index (χ4n) is 1.92. The van der Waals surface area contributed by atoms with E-state index in [1.54, 1.807) is 14.0 Å². The number of methoxy groups -OCH3 is 1. The number of aromatic nitrogens is 2. The Bertz CT molecular complexity index is 641. The summed E-state index contributed by atoms with van der Waals surface area (Å²) < 4.78 is 5.12. The van der Waals surface area contributed by atoms with Crippen molar-refractivity contribution in [2.24, 2.45) is 0 Å². The fourth-order valence-corrected chi connectivity index (χ4v) is 1.92. The Kier molecular flexibility index (Phi) is 4.37. The highest BCUT2D eigenvalue weighted by atomic mass is 16.5. The van der Waals surface area contributed by atoms with Crippen molar-refractivity contribution < 1.29 is 14.6 Å². The molecule has 1 unspecified atom stereocenters. The van der Waals surface area contributed by atoms with Crippen molar-refractivity contribution in [2.45, 2.75) is 19.9 Å². The van der Waals surface area contributed by atoms with Crippen molar-refractivity contribution >= 4 is 11.9 Å². The van der Waals surface area contributed by atoms with E-state index in [9.17, 15) is 4.79 Å². The van der Waals surface area contributed by atoms with Crippen LogP contribution in [0.15, 0.2) is 30.5 Å². The van der Waals surface area contributed by atoms with Crippen LogP contribution in [0.3, 0.4) is 0 Å². The third-order valence-electron chi connectivity index (χ3n) is 3.17. The standard InChI is InChI=1S/C15H17N3O3/c1-9(11-4-6-12(21-3)7-5-11)17-15-16-8-13(14(19)20)10(2)18-15/h4-9H,1-3H3,(H,19,20)(H,16,17,18). The maximum atomic E-state index is 10.9. The number of hydrogen-bond donors (Lipinski definition) is 2. The Labute approximate surface area is 122 Å². The molecule has 0 radical (unpaired) electrons. The van der Waals surface area contributed by atoms with Crippen molar-refractivity contribution in [1.82, 2.24) is 9.97 Å². The minimum absolute atomic E-state index is 0.00835. The second-order valence-electron chi connectivity index (χ2n) is 4.64. The smallest absolute Gasteiger partial charge is 0.339 e. The van der Waals surface area contributed by atoms with Gasteiger partial charge in [-0.2, -0.15) is 0 Å². The van der Waals surface area contributed by atoms with Gasteiger partial charge in [0.2, 0.25) is 5.95 Å². The molecule has 110 valence electrons. The highest BCUT2D eigenvalue weighted by Crippen LogP contribution is 2.20. The highest BCUT2D eigenvalue weighted by molar-refractivity contribution is 5.88. The number of aromatic carboxylic acids is 1. The lowest BCUT2D eigenvalue weighted by Gasteiger charge is -2.15. The number of carbonyl (C=O) groups is 1. The van der Waals surface area contributed by atoms with Gasteiger partial charge in [-0.25, -0.2) is 14.8 Å². The van der Waals surface area contributed by atoms with E-state index in [4.69, 9.17) is 9.84 Å². The molecule has 1 aromatic carbocycles. The van der Waals surface area contributed by atoms with Crippen LogP contribution in [0.1, 0.15) is 34.6 Å². The SMILES string of the molecule is COc1ccc(C(C)Nc2ncc(C(=O)O)c(C)n2)cc1. The van der Waals surface area contributed by atoms with Crippen LogP contribution in [0.2, 0.25) is 0 Å². The van der Waals surface area contributed by atoms with Gasteiger partial charge >= 0.3 is 5.97 Å². The summed E-state index contributed by atoms with van der Waals surface area (Å²) in [5, 5.41) is 12.1. The number of carboxylic acid groups (broad SMARTS) is 1. The van der Waals surface area contributed by atoms with Crippen LogP contribution in [0, 0.1) is 6.92 Å². The molecular weight excluding hydrogens is 270 g/mol. The summed E-state index contributed by atoms with van der Waals surface area (Å²) >= 11 is 0. The molecule has 0 aliphatic rings. The minimum Gasteiger partial charge on any atom is -0.497 e. The van der Waals surface area contributed by atoms with Gasteiger partial charge in [0, 0.05) is 6.20 Å². The van der Waals surface area contributed by atoms with Crippen LogP contribution >= 0.6 is 0 Å². The first-order valence-corrected chi connectivity index (χ1v) is 6.48. The summed E-state index contributed by atoms with van der Waals surface area (Å²) in [7, 11) is 1.62. The summed E-state index contributed by atoms with van der Waals surface area (Å²) in [4.78, 5) is 19.1.